The second kappa shape index (κ2) is 7.08. The highest BCUT2D eigenvalue weighted by Crippen LogP contribution is 2.31. The zero-order valence-corrected chi connectivity index (χ0v) is 15.9. The van der Waals surface area contributed by atoms with E-state index >= 15 is 0 Å². The van der Waals surface area contributed by atoms with Crippen LogP contribution >= 0.6 is 11.6 Å². The van der Waals surface area contributed by atoms with Crippen LogP contribution in [0.3, 0.4) is 0 Å². The molecule has 0 bridgehead atoms. The first kappa shape index (κ1) is 16.9. The van der Waals surface area contributed by atoms with Crippen LogP contribution in [0.15, 0.2) is 58.6 Å². The number of hydrogen-bond acceptors (Lipinski definition) is 5. The van der Waals surface area contributed by atoms with E-state index in [1.165, 1.54) is 19.3 Å². The van der Waals surface area contributed by atoms with Crippen LogP contribution in [-0.4, -0.2) is 46.8 Å². The Hall–Kier alpha value is -2.21. The van der Waals surface area contributed by atoms with Crippen LogP contribution < -0.4 is 5.43 Å². The molecule has 1 aromatic carbocycles. The average molecular weight is 380 g/mol. The number of pyridine rings is 1. The van der Waals surface area contributed by atoms with E-state index in [1.54, 1.807) is 0 Å². The Morgan fingerprint density at radius 1 is 1.11 bits per heavy atom. The molecular formula is C21H22ClN5. The van der Waals surface area contributed by atoms with Crippen molar-refractivity contribution in [1.29, 1.82) is 0 Å². The number of hydrazine groups is 1. The Morgan fingerprint density at radius 2 is 1.96 bits per heavy atom. The number of hydrogen-bond donors (Lipinski definition) is 1. The van der Waals surface area contributed by atoms with Gasteiger partial charge in [0.1, 0.15) is 0 Å². The van der Waals surface area contributed by atoms with E-state index in [1.807, 2.05) is 35.6 Å². The molecule has 5 nitrogen and oxygen atoms in total. The molecule has 1 N–H and O–H groups in total. The highest BCUT2D eigenvalue weighted by molar-refractivity contribution is 6.44. The van der Waals surface area contributed by atoms with Crippen molar-refractivity contribution in [1.82, 2.24) is 20.3 Å². The molecule has 0 saturated carbocycles. The largest absolute Gasteiger partial charge is 0.297 e. The Morgan fingerprint density at radius 3 is 2.85 bits per heavy atom. The van der Waals surface area contributed by atoms with Crippen LogP contribution in [0.5, 0.6) is 0 Å². The molecule has 1 fully saturated rings. The van der Waals surface area contributed by atoms with Gasteiger partial charge < -0.3 is 0 Å². The van der Waals surface area contributed by atoms with Crippen molar-refractivity contribution in [2.45, 2.75) is 19.3 Å². The van der Waals surface area contributed by atoms with Crippen molar-refractivity contribution in [3.8, 4) is 0 Å². The molecule has 5 rings (SSSR count). The number of rotatable bonds is 3. The summed E-state index contributed by atoms with van der Waals surface area (Å²) in [4.78, 5) is 12.0. The monoisotopic (exact) mass is 379 g/mol. The van der Waals surface area contributed by atoms with E-state index in [9.17, 15) is 0 Å². The molecule has 0 atom stereocenters. The highest BCUT2D eigenvalue weighted by atomic mass is 35.5. The number of fused-ring (bicyclic) bond motifs is 2. The van der Waals surface area contributed by atoms with Crippen LogP contribution in [0.1, 0.15) is 24.8 Å². The maximum Gasteiger partial charge on any atom is 0.152 e. The molecular weight excluding hydrogens is 358 g/mol. The van der Waals surface area contributed by atoms with Crippen LogP contribution in [0.25, 0.3) is 16.5 Å². The molecule has 2 aromatic rings. The van der Waals surface area contributed by atoms with Crippen LogP contribution in [0, 0.1) is 0 Å². The van der Waals surface area contributed by atoms with E-state index in [0.717, 1.165) is 64.8 Å². The van der Waals surface area contributed by atoms with Crippen LogP contribution in [0.2, 0.25) is 0 Å². The molecule has 0 aliphatic carbocycles. The Bertz CT molecular complexity index is 971. The van der Waals surface area contributed by atoms with Gasteiger partial charge in [0.2, 0.25) is 0 Å². The van der Waals surface area contributed by atoms with Crippen molar-refractivity contribution >= 4 is 33.8 Å². The molecule has 1 aromatic heterocycles. The van der Waals surface area contributed by atoms with Gasteiger partial charge in [-0.3, -0.25) is 14.9 Å². The average Bonchev–Trinajstić information content (AvgIpc) is 3.11. The standard InChI is InChI=1S/C21H22ClN5/c22-18-13-27-21(25-20(18)14-26-8-4-1-5-9-26)17(12-24-27)16-10-15-6-2-3-7-19(15)23-11-16/h2-3,6-7,10-11,13,24H,1,4-5,8-9,12,14H2. The molecule has 0 radical (unpaired) electrons. The molecule has 3 aliphatic rings. The highest BCUT2D eigenvalue weighted by Gasteiger charge is 2.28. The van der Waals surface area contributed by atoms with Crippen molar-refractivity contribution in [2.24, 2.45) is 4.99 Å². The molecule has 0 spiro atoms. The third-order valence-electron chi connectivity index (χ3n) is 5.44. The van der Waals surface area contributed by atoms with Gasteiger partial charge in [0.25, 0.3) is 0 Å². The summed E-state index contributed by atoms with van der Waals surface area (Å²) in [5.41, 5.74) is 7.59. The number of piperidine rings is 1. The minimum absolute atomic E-state index is 0.717. The van der Waals surface area contributed by atoms with Crippen molar-refractivity contribution < 1.29 is 0 Å². The fourth-order valence-electron chi connectivity index (χ4n) is 3.97. The number of para-hydroxylation sites is 1. The summed E-state index contributed by atoms with van der Waals surface area (Å²) in [6, 6.07) is 10.4. The van der Waals surface area contributed by atoms with Gasteiger partial charge in [-0.05, 0) is 38.1 Å². The van der Waals surface area contributed by atoms with Gasteiger partial charge in [0, 0.05) is 42.0 Å². The number of nitrogens with zero attached hydrogens (tertiary/aromatic N) is 4. The predicted octanol–water partition coefficient (Wildman–Crippen LogP) is 3.74. The number of nitrogens with one attached hydrogen (secondary N) is 1. The van der Waals surface area contributed by atoms with Crippen molar-refractivity contribution in [3.05, 3.63) is 59.1 Å². The van der Waals surface area contributed by atoms with E-state index in [0.29, 0.717) is 0 Å². The summed E-state index contributed by atoms with van der Waals surface area (Å²) in [5.74, 6) is 0.934. The lowest BCUT2D eigenvalue weighted by Crippen LogP contribution is -2.37. The number of benzene rings is 1. The SMILES string of the molecule is ClC1=CN2NCC(c3cnc4ccccc4c3)=C2N=C1CN1CCCCC1. The van der Waals surface area contributed by atoms with Gasteiger partial charge in [-0.25, -0.2) is 10.4 Å². The molecule has 0 amide bonds. The summed E-state index contributed by atoms with van der Waals surface area (Å²) in [6.45, 7) is 3.80. The molecule has 27 heavy (non-hydrogen) atoms. The van der Waals surface area contributed by atoms with Gasteiger partial charge in [-0.15, -0.1) is 0 Å². The predicted molar refractivity (Wildman–Crippen MR) is 110 cm³/mol. The third kappa shape index (κ3) is 3.27. The Labute approximate surface area is 164 Å². The van der Waals surface area contributed by atoms with Crippen molar-refractivity contribution in [2.75, 3.05) is 26.2 Å². The quantitative estimate of drug-likeness (QED) is 0.882. The molecule has 4 heterocycles. The normalized spacial score (nSPS) is 20.7. The van der Waals surface area contributed by atoms with Gasteiger partial charge in [0.05, 0.1) is 16.3 Å². The minimum Gasteiger partial charge on any atom is -0.297 e. The third-order valence-corrected chi connectivity index (χ3v) is 5.76. The van der Waals surface area contributed by atoms with E-state index in [4.69, 9.17) is 16.6 Å². The molecule has 138 valence electrons. The first-order chi connectivity index (χ1) is 13.3. The lowest BCUT2D eigenvalue weighted by Gasteiger charge is -2.29. The number of aromatic nitrogens is 1. The van der Waals surface area contributed by atoms with Crippen molar-refractivity contribution in [3.63, 3.8) is 0 Å². The van der Waals surface area contributed by atoms with Crippen LogP contribution in [0.4, 0.5) is 0 Å². The zero-order valence-electron chi connectivity index (χ0n) is 15.2. The smallest absolute Gasteiger partial charge is 0.152 e. The first-order valence-corrected chi connectivity index (χ1v) is 9.94. The molecule has 6 heteroatoms. The minimum atomic E-state index is 0.717. The summed E-state index contributed by atoms with van der Waals surface area (Å²) in [6.07, 6.45) is 7.74. The zero-order chi connectivity index (χ0) is 18.2. The summed E-state index contributed by atoms with van der Waals surface area (Å²) in [5, 5.41) is 3.80. The molecule has 3 aliphatic heterocycles. The van der Waals surface area contributed by atoms with Crippen LogP contribution in [-0.2, 0) is 0 Å². The summed E-state index contributed by atoms with van der Waals surface area (Å²) >= 11 is 6.53. The number of halogens is 1. The van der Waals surface area contributed by atoms with Gasteiger partial charge in [-0.1, -0.05) is 36.2 Å². The summed E-state index contributed by atoms with van der Waals surface area (Å²) < 4.78 is 0. The second-order valence-corrected chi connectivity index (χ2v) is 7.70. The molecule has 1 saturated heterocycles. The summed E-state index contributed by atoms with van der Waals surface area (Å²) in [7, 11) is 0. The fraction of sp³-hybridized carbons (Fsp3) is 0.333. The van der Waals surface area contributed by atoms with Gasteiger partial charge in [-0.2, -0.15) is 0 Å². The van der Waals surface area contributed by atoms with Gasteiger partial charge >= 0.3 is 0 Å². The van der Waals surface area contributed by atoms with Gasteiger partial charge in [0.15, 0.2) is 5.82 Å². The number of likely N-dealkylation sites (tertiary alicyclic amines) is 1. The first-order valence-electron chi connectivity index (χ1n) is 9.56. The fourth-order valence-corrected chi connectivity index (χ4v) is 4.17. The lowest BCUT2D eigenvalue weighted by molar-refractivity contribution is 0.258. The Kier molecular flexibility index (Phi) is 4.44. The number of aliphatic imine (C=N–C) groups is 1. The maximum absolute atomic E-state index is 6.53. The van der Waals surface area contributed by atoms with E-state index < -0.39 is 0 Å². The second-order valence-electron chi connectivity index (χ2n) is 7.30. The maximum atomic E-state index is 6.53. The lowest BCUT2D eigenvalue weighted by atomic mass is 10.1. The van der Waals surface area contributed by atoms with E-state index in [2.05, 4.69) is 27.4 Å². The molecule has 0 unspecified atom stereocenters. The van der Waals surface area contributed by atoms with E-state index in [-0.39, 0.29) is 0 Å². The topological polar surface area (TPSA) is 43.8 Å². The Balaban J connectivity index is 1.50.